The fraction of sp³-hybridized carbons (Fsp3) is 0. The van der Waals surface area contributed by atoms with Crippen LogP contribution in [0.1, 0.15) is 0 Å². The van der Waals surface area contributed by atoms with Crippen LogP contribution in [0.25, 0.3) is 21.8 Å². The summed E-state index contributed by atoms with van der Waals surface area (Å²) < 4.78 is 0. The van der Waals surface area contributed by atoms with Gasteiger partial charge in [0.25, 0.3) is 0 Å². The number of aromatic nitrogens is 4. The van der Waals surface area contributed by atoms with Crippen molar-refractivity contribution in [1.29, 1.82) is 0 Å². The van der Waals surface area contributed by atoms with Gasteiger partial charge in [-0.3, -0.25) is 4.98 Å². The molecule has 0 aliphatic carbocycles. The van der Waals surface area contributed by atoms with E-state index in [1.165, 1.54) is 0 Å². The minimum absolute atomic E-state index is 0.785. The Hall–Kier alpha value is -2.95. The van der Waals surface area contributed by atoms with E-state index in [1.807, 2.05) is 30.5 Å². The van der Waals surface area contributed by atoms with Crippen LogP contribution in [0.2, 0.25) is 0 Å². The van der Waals surface area contributed by atoms with E-state index in [9.17, 15) is 0 Å². The molecule has 1 aromatic carbocycles. The second kappa shape index (κ2) is 4.31. The van der Waals surface area contributed by atoms with Crippen molar-refractivity contribution in [3.63, 3.8) is 0 Å². The van der Waals surface area contributed by atoms with Crippen LogP contribution in [-0.4, -0.2) is 19.9 Å². The second-order valence-electron chi connectivity index (χ2n) is 4.52. The molecule has 0 saturated carbocycles. The van der Waals surface area contributed by atoms with E-state index in [1.54, 1.807) is 18.7 Å². The zero-order valence-corrected chi connectivity index (χ0v) is 10.5. The lowest BCUT2D eigenvalue weighted by Crippen LogP contribution is -1.96. The van der Waals surface area contributed by atoms with Crippen molar-refractivity contribution < 1.29 is 0 Å². The average Bonchev–Trinajstić information content (AvgIpc) is 2.95. The smallest absolute Gasteiger partial charge is 0.141 e. The normalized spacial score (nSPS) is 11.0. The van der Waals surface area contributed by atoms with E-state index < -0.39 is 0 Å². The summed E-state index contributed by atoms with van der Waals surface area (Å²) >= 11 is 0. The third-order valence-electron chi connectivity index (χ3n) is 3.25. The summed E-state index contributed by atoms with van der Waals surface area (Å²) in [6, 6.07) is 10.1. The fourth-order valence-corrected chi connectivity index (χ4v) is 2.27. The Balaban J connectivity index is 1.80. The van der Waals surface area contributed by atoms with Crippen LogP contribution in [0.5, 0.6) is 0 Å². The Morgan fingerprint density at radius 1 is 1.05 bits per heavy atom. The van der Waals surface area contributed by atoms with Gasteiger partial charge in [0, 0.05) is 34.4 Å². The lowest BCUT2D eigenvalue weighted by atomic mass is 10.2. The first-order valence-corrected chi connectivity index (χ1v) is 6.29. The van der Waals surface area contributed by atoms with Gasteiger partial charge in [0.2, 0.25) is 0 Å². The first kappa shape index (κ1) is 10.9. The quantitative estimate of drug-likeness (QED) is 0.581. The van der Waals surface area contributed by atoms with Gasteiger partial charge in [-0.25, -0.2) is 9.97 Å². The van der Waals surface area contributed by atoms with Crippen molar-refractivity contribution in [2.75, 3.05) is 5.32 Å². The van der Waals surface area contributed by atoms with Crippen molar-refractivity contribution in [1.82, 2.24) is 19.9 Å². The van der Waals surface area contributed by atoms with E-state index in [-0.39, 0.29) is 0 Å². The monoisotopic (exact) mass is 261 g/mol. The number of hydrogen-bond donors (Lipinski definition) is 2. The van der Waals surface area contributed by atoms with Gasteiger partial charge in [-0.1, -0.05) is 0 Å². The Kier molecular flexibility index (Phi) is 2.35. The summed E-state index contributed by atoms with van der Waals surface area (Å²) in [7, 11) is 0. The maximum atomic E-state index is 4.31. The van der Waals surface area contributed by atoms with E-state index in [4.69, 9.17) is 0 Å². The number of pyridine rings is 1. The Labute approximate surface area is 114 Å². The number of nitrogens with zero attached hydrogens (tertiary/aromatic N) is 3. The Bertz CT molecular complexity index is 891. The van der Waals surface area contributed by atoms with Gasteiger partial charge >= 0.3 is 0 Å². The van der Waals surface area contributed by atoms with Gasteiger partial charge in [0.15, 0.2) is 0 Å². The van der Waals surface area contributed by atoms with E-state index >= 15 is 0 Å². The van der Waals surface area contributed by atoms with Gasteiger partial charge in [-0.2, -0.15) is 0 Å². The lowest BCUT2D eigenvalue weighted by molar-refractivity contribution is 1.20. The summed E-state index contributed by atoms with van der Waals surface area (Å²) in [6.07, 6.45) is 6.95. The Morgan fingerprint density at radius 2 is 2.05 bits per heavy atom. The van der Waals surface area contributed by atoms with Crippen molar-refractivity contribution in [3.05, 3.63) is 55.2 Å². The van der Waals surface area contributed by atoms with Crippen LogP contribution in [0, 0.1) is 0 Å². The first-order valence-electron chi connectivity index (χ1n) is 6.29. The zero-order valence-electron chi connectivity index (χ0n) is 10.5. The number of hydrogen-bond acceptors (Lipinski definition) is 4. The number of rotatable bonds is 2. The van der Waals surface area contributed by atoms with E-state index in [2.05, 4.69) is 31.3 Å². The average molecular weight is 261 g/mol. The molecule has 2 N–H and O–H groups in total. The number of benzene rings is 1. The number of fused-ring (bicyclic) bond motifs is 2. The minimum atomic E-state index is 0.785. The summed E-state index contributed by atoms with van der Waals surface area (Å²) in [5.74, 6) is 0.785. The number of H-pyrrole nitrogens is 1. The zero-order chi connectivity index (χ0) is 13.4. The highest BCUT2D eigenvalue weighted by Gasteiger charge is 2.04. The largest absolute Gasteiger partial charge is 0.361 e. The molecular formula is C15H11N5. The molecule has 0 amide bonds. The Morgan fingerprint density at radius 3 is 3.05 bits per heavy atom. The third kappa shape index (κ3) is 1.76. The molecule has 0 spiro atoms. The van der Waals surface area contributed by atoms with E-state index in [0.29, 0.717) is 0 Å². The van der Waals surface area contributed by atoms with Crippen molar-refractivity contribution in [3.8, 4) is 0 Å². The van der Waals surface area contributed by atoms with Crippen LogP contribution in [-0.2, 0) is 0 Å². The third-order valence-corrected chi connectivity index (χ3v) is 3.25. The molecule has 0 atom stereocenters. The van der Waals surface area contributed by atoms with Crippen LogP contribution in [0.15, 0.2) is 55.2 Å². The van der Waals surface area contributed by atoms with Crippen molar-refractivity contribution >= 4 is 33.3 Å². The maximum absolute atomic E-state index is 4.31. The topological polar surface area (TPSA) is 66.5 Å². The molecule has 0 aliphatic rings. The summed E-state index contributed by atoms with van der Waals surface area (Å²) in [4.78, 5) is 15.8. The minimum Gasteiger partial charge on any atom is -0.361 e. The molecule has 0 bridgehead atoms. The molecule has 3 heterocycles. The van der Waals surface area contributed by atoms with Crippen LogP contribution >= 0.6 is 0 Å². The van der Waals surface area contributed by atoms with Crippen molar-refractivity contribution in [2.24, 2.45) is 0 Å². The van der Waals surface area contributed by atoms with Crippen LogP contribution in [0.4, 0.5) is 11.5 Å². The summed E-state index contributed by atoms with van der Waals surface area (Å²) in [5, 5.41) is 5.45. The molecule has 0 fully saturated rings. The highest BCUT2D eigenvalue weighted by atomic mass is 15.0. The first-order chi connectivity index (χ1) is 9.90. The second-order valence-corrected chi connectivity index (χ2v) is 4.52. The summed E-state index contributed by atoms with van der Waals surface area (Å²) in [6.45, 7) is 0. The molecule has 5 nitrogen and oxygen atoms in total. The predicted molar refractivity (Wildman–Crippen MR) is 78.9 cm³/mol. The fourth-order valence-electron chi connectivity index (χ4n) is 2.27. The molecule has 20 heavy (non-hydrogen) atoms. The molecule has 3 aromatic heterocycles. The van der Waals surface area contributed by atoms with Gasteiger partial charge in [0.1, 0.15) is 12.1 Å². The van der Waals surface area contributed by atoms with Crippen LogP contribution in [0.3, 0.4) is 0 Å². The molecule has 0 radical (unpaired) electrons. The summed E-state index contributed by atoms with van der Waals surface area (Å²) in [5.41, 5.74) is 2.94. The highest BCUT2D eigenvalue weighted by molar-refractivity contribution is 5.91. The number of anilines is 2. The van der Waals surface area contributed by atoms with Gasteiger partial charge in [0.05, 0.1) is 11.7 Å². The number of nitrogens with one attached hydrogen (secondary N) is 2. The highest BCUT2D eigenvalue weighted by Crippen LogP contribution is 2.24. The molecule has 0 unspecified atom stereocenters. The molecule has 0 saturated heterocycles. The van der Waals surface area contributed by atoms with Crippen molar-refractivity contribution in [2.45, 2.75) is 0 Å². The lowest BCUT2D eigenvalue weighted by Gasteiger charge is -2.08. The van der Waals surface area contributed by atoms with Gasteiger partial charge < -0.3 is 10.3 Å². The maximum Gasteiger partial charge on any atom is 0.141 e. The van der Waals surface area contributed by atoms with Crippen LogP contribution < -0.4 is 5.32 Å². The van der Waals surface area contributed by atoms with Gasteiger partial charge in [-0.15, -0.1) is 0 Å². The molecule has 5 heteroatoms. The van der Waals surface area contributed by atoms with E-state index in [0.717, 1.165) is 33.3 Å². The molecular weight excluding hydrogens is 250 g/mol. The number of aromatic amines is 1. The molecule has 96 valence electrons. The predicted octanol–water partition coefficient (Wildman–Crippen LogP) is 3.25. The SMILES string of the molecule is c1cc2c(Nc3ccc4[nH]ccc4c3)ncnc2cn1. The van der Waals surface area contributed by atoms with Gasteiger partial charge in [-0.05, 0) is 30.3 Å². The molecule has 4 rings (SSSR count). The standard InChI is InChI=1S/C15H11N5/c1-2-13-10(3-6-17-13)7-11(1)20-15-12-4-5-16-8-14(12)18-9-19-15/h1-9,17H,(H,18,19,20). The molecule has 0 aliphatic heterocycles. The molecule has 4 aromatic rings.